The zero-order valence-electron chi connectivity index (χ0n) is 11.7. The van der Waals surface area contributed by atoms with E-state index in [0.29, 0.717) is 18.7 Å². The molecule has 0 aromatic carbocycles. The van der Waals surface area contributed by atoms with E-state index in [1.807, 2.05) is 6.92 Å². The third-order valence-electron chi connectivity index (χ3n) is 4.71. The fourth-order valence-electron chi connectivity index (χ4n) is 3.73. The Kier molecular flexibility index (Phi) is 4.87. The molecule has 0 aliphatic heterocycles. The summed E-state index contributed by atoms with van der Waals surface area (Å²) in [5.74, 6) is 0.0128. The second kappa shape index (κ2) is 6.08. The third-order valence-corrected chi connectivity index (χ3v) is 5.49. The molecule has 0 bridgehead atoms. The molecule has 0 amide bonds. The van der Waals surface area contributed by atoms with Gasteiger partial charge in [-0.15, -0.1) is 0 Å². The summed E-state index contributed by atoms with van der Waals surface area (Å²) < 4.78 is 27.8. The summed E-state index contributed by atoms with van der Waals surface area (Å²) in [6.45, 7) is 3.25. The Morgan fingerprint density at radius 1 is 1.32 bits per heavy atom. The van der Waals surface area contributed by atoms with Crippen LogP contribution in [0.4, 0.5) is 0 Å². The molecular weight excluding hydrogens is 264 g/mol. The van der Waals surface area contributed by atoms with Crippen molar-refractivity contribution >= 4 is 10.0 Å². The second-order valence-corrected chi connectivity index (χ2v) is 7.58. The van der Waals surface area contributed by atoms with E-state index < -0.39 is 10.0 Å². The maximum atomic E-state index is 11.0. The van der Waals surface area contributed by atoms with Crippen LogP contribution in [-0.2, 0) is 14.8 Å². The smallest absolute Gasteiger partial charge is 0.210 e. The molecule has 6 heteroatoms. The number of nitrogens with two attached hydrogens (primary N) is 1. The van der Waals surface area contributed by atoms with Crippen LogP contribution in [0, 0.1) is 5.41 Å². The van der Waals surface area contributed by atoms with Crippen molar-refractivity contribution in [3.05, 3.63) is 0 Å². The van der Waals surface area contributed by atoms with Crippen LogP contribution >= 0.6 is 0 Å². The van der Waals surface area contributed by atoms with Gasteiger partial charge in [-0.2, -0.15) is 0 Å². The Balaban J connectivity index is 1.90. The van der Waals surface area contributed by atoms with Crippen molar-refractivity contribution in [3.63, 3.8) is 0 Å². The van der Waals surface area contributed by atoms with E-state index in [1.165, 1.54) is 32.1 Å². The zero-order chi connectivity index (χ0) is 13.9. The minimum atomic E-state index is -3.36. The molecule has 5 nitrogen and oxygen atoms in total. The van der Waals surface area contributed by atoms with Crippen molar-refractivity contribution < 1.29 is 13.2 Å². The van der Waals surface area contributed by atoms with Gasteiger partial charge in [-0.25, -0.2) is 13.6 Å². The Morgan fingerprint density at radius 3 is 2.58 bits per heavy atom. The standard InChI is InChI=1S/C13H26N2O3S/c1-2-18-12-10-11(15-8-9-19(14,16)17)13(12)6-4-3-5-7-13/h11-12,15H,2-10H2,1H3,(H2,14,16,17). The van der Waals surface area contributed by atoms with Gasteiger partial charge in [0.05, 0.1) is 11.9 Å². The Bertz CT molecular complexity index is 391. The van der Waals surface area contributed by atoms with Crippen molar-refractivity contribution in [2.24, 2.45) is 10.6 Å². The normalized spacial score (nSPS) is 30.2. The maximum absolute atomic E-state index is 11.0. The molecule has 112 valence electrons. The first-order valence-electron chi connectivity index (χ1n) is 7.33. The minimum Gasteiger partial charge on any atom is -0.378 e. The fraction of sp³-hybridized carbons (Fsp3) is 1.00. The molecule has 19 heavy (non-hydrogen) atoms. The first-order chi connectivity index (χ1) is 8.98. The van der Waals surface area contributed by atoms with Crippen LogP contribution in [0.1, 0.15) is 45.4 Å². The molecule has 0 saturated heterocycles. The highest BCUT2D eigenvalue weighted by Gasteiger charge is 2.55. The highest BCUT2D eigenvalue weighted by atomic mass is 32.2. The summed E-state index contributed by atoms with van der Waals surface area (Å²) in [6, 6.07) is 0.395. The first-order valence-corrected chi connectivity index (χ1v) is 9.05. The molecule has 2 aliphatic rings. The Labute approximate surface area is 116 Å². The van der Waals surface area contributed by atoms with E-state index in [0.717, 1.165) is 13.0 Å². The quantitative estimate of drug-likeness (QED) is 0.764. The molecule has 0 aromatic rings. The van der Waals surface area contributed by atoms with Gasteiger partial charge in [0.15, 0.2) is 0 Å². The topological polar surface area (TPSA) is 81.4 Å². The number of hydrogen-bond donors (Lipinski definition) is 2. The van der Waals surface area contributed by atoms with Crippen molar-refractivity contribution in [2.45, 2.75) is 57.6 Å². The lowest BCUT2D eigenvalue weighted by atomic mass is 9.55. The van der Waals surface area contributed by atoms with Gasteiger partial charge in [0, 0.05) is 24.6 Å². The van der Waals surface area contributed by atoms with Crippen molar-refractivity contribution in [1.29, 1.82) is 0 Å². The average molecular weight is 290 g/mol. The summed E-state index contributed by atoms with van der Waals surface area (Å²) in [7, 11) is -3.36. The number of nitrogens with one attached hydrogen (secondary N) is 1. The summed E-state index contributed by atoms with van der Waals surface area (Å²) in [6.07, 6.45) is 7.58. The van der Waals surface area contributed by atoms with Gasteiger partial charge >= 0.3 is 0 Å². The minimum absolute atomic E-state index is 0.0128. The molecule has 2 aliphatic carbocycles. The van der Waals surface area contributed by atoms with Gasteiger partial charge in [-0.3, -0.25) is 0 Å². The van der Waals surface area contributed by atoms with Crippen LogP contribution in [0.25, 0.3) is 0 Å². The molecule has 2 saturated carbocycles. The van der Waals surface area contributed by atoms with Gasteiger partial charge in [-0.05, 0) is 26.2 Å². The summed E-state index contributed by atoms with van der Waals surface area (Å²) in [5, 5.41) is 8.42. The zero-order valence-corrected chi connectivity index (χ0v) is 12.5. The van der Waals surface area contributed by atoms with Crippen LogP contribution in [-0.4, -0.2) is 39.5 Å². The monoisotopic (exact) mass is 290 g/mol. The second-order valence-electron chi connectivity index (χ2n) is 5.85. The van der Waals surface area contributed by atoms with Crippen LogP contribution < -0.4 is 10.5 Å². The van der Waals surface area contributed by atoms with Gasteiger partial charge < -0.3 is 10.1 Å². The van der Waals surface area contributed by atoms with Crippen LogP contribution in [0.3, 0.4) is 0 Å². The van der Waals surface area contributed by atoms with Crippen LogP contribution in [0.2, 0.25) is 0 Å². The van der Waals surface area contributed by atoms with E-state index in [2.05, 4.69) is 5.32 Å². The highest BCUT2D eigenvalue weighted by molar-refractivity contribution is 7.89. The molecule has 2 rings (SSSR count). The summed E-state index contributed by atoms with van der Waals surface area (Å²) in [5.41, 5.74) is 0.243. The number of hydrogen-bond acceptors (Lipinski definition) is 4. The lowest BCUT2D eigenvalue weighted by Crippen LogP contribution is -2.64. The molecule has 3 N–H and O–H groups in total. The fourth-order valence-corrected chi connectivity index (χ4v) is 4.13. The van der Waals surface area contributed by atoms with E-state index in [-0.39, 0.29) is 11.2 Å². The van der Waals surface area contributed by atoms with Gasteiger partial charge in [0.2, 0.25) is 10.0 Å². The van der Waals surface area contributed by atoms with Gasteiger partial charge in [0.25, 0.3) is 0 Å². The van der Waals surface area contributed by atoms with E-state index in [4.69, 9.17) is 9.88 Å². The Hall–Kier alpha value is -0.170. The van der Waals surface area contributed by atoms with Crippen molar-refractivity contribution in [3.8, 4) is 0 Å². The number of primary sulfonamides is 1. The predicted molar refractivity (Wildman–Crippen MR) is 75.3 cm³/mol. The maximum Gasteiger partial charge on any atom is 0.210 e. The molecule has 2 fully saturated rings. The van der Waals surface area contributed by atoms with E-state index >= 15 is 0 Å². The third kappa shape index (κ3) is 3.48. The first kappa shape index (κ1) is 15.2. The molecule has 0 radical (unpaired) electrons. The number of sulfonamides is 1. The SMILES string of the molecule is CCOC1CC(NCCS(N)(=O)=O)C12CCCCC2. The molecule has 0 aromatic heterocycles. The van der Waals surface area contributed by atoms with E-state index in [1.54, 1.807) is 0 Å². The molecule has 0 heterocycles. The predicted octanol–water partition coefficient (Wildman–Crippen LogP) is 0.992. The molecule has 1 spiro atoms. The van der Waals surface area contributed by atoms with Crippen LogP contribution in [0.15, 0.2) is 0 Å². The number of ether oxygens (including phenoxy) is 1. The number of rotatable bonds is 6. The van der Waals surface area contributed by atoms with Crippen LogP contribution in [0.5, 0.6) is 0 Å². The summed E-state index contributed by atoms with van der Waals surface area (Å²) in [4.78, 5) is 0. The summed E-state index contributed by atoms with van der Waals surface area (Å²) >= 11 is 0. The highest BCUT2D eigenvalue weighted by Crippen LogP contribution is 2.53. The Morgan fingerprint density at radius 2 is 2.00 bits per heavy atom. The van der Waals surface area contributed by atoms with Crippen molar-refractivity contribution in [1.82, 2.24) is 5.32 Å². The lowest BCUT2D eigenvalue weighted by Gasteiger charge is -2.58. The average Bonchev–Trinajstić information content (AvgIpc) is 2.36. The largest absolute Gasteiger partial charge is 0.378 e. The molecule has 2 atom stereocenters. The van der Waals surface area contributed by atoms with E-state index in [9.17, 15) is 8.42 Å². The van der Waals surface area contributed by atoms with Gasteiger partial charge in [0.1, 0.15) is 0 Å². The molecular formula is C13H26N2O3S. The van der Waals surface area contributed by atoms with Gasteiger partial charge in [-0.1, -0.05) is 19.3 Å². The van der Waals surface area contributed by atoms with Crippen molar-refractivity contribution in [2.75, 3.05) is 18.9 Å². The lowest BCUT2D eigenvalue weighted by molar-refractivity contribution is -0.149. The molecule has 2 unspecified atom stereocenters.